The first-order valence-corrected chi connectivity index (χ1v) is 10.5. The molecule has 0 saturated heterocycles. The molecule has 2 unspecified atom stereocenters. The van der Waals surface area contributed by atoms with E-state index in [1.807, 2.05) is 13.0 Å². The highest BCUT2D eigenvalue weighted by Crippen LogP contribution is 2.20. The van der Waals surface area contributed by atoms with Gasteiger partial charge in [0.25, 0.3) is 0 Å². The summed E-state index contributed by atoms with van der Waals surface area (Å²) in [7, 11) is 1.58. The molecule has 158 valence electrons. The number of aromatic nitrogens is 2. The van der Waals surface area contributed by atoms with E-state index in [9.17, 15) is 9.18 Å². The Balaban J connectivity index is 1.74. The summed E-state index contributed by atoms with van der Waals surface area (Å²) >= 11 is 1.18. The first-order valence-electron chi connectivity index (χ1n) is 9.76. The van der Waals surface area contributed by atoms with Gasteiger partial charge < -0.3 is 15.8 Å². The van der Waals surface area contributed by atoms with Crippen molar-refractivity contribution in [2.45, 2.75) is 38.3 Å². The molecule has 3 aromatic rings. The van der Waals surface area contributed by atoms with Crippen LogP contribution in [0, 0.1) is 5.82 Å². The van der Waals surface area contributed by atoms with Crippen LogP contribution < -0.4 is 15.8 Å². The van der Waals surface area contributed by atoms with Gasteiger partial charge in [-0.3, -0.25) is 4.79 Å². The van der Waals surface area contributed by atoms with Gasteiger partial charge in [0, 0.05) is 29.6 Å². The SMILES string of the molecule is CCC(N)CC(Nc1nc(Cc2cccc(F)c2)ns1)C(=O)c1ccc(OC)cc1. The van der Waals surface area contributed by atoms with Crippen LogP contribution in [0.1, 0.15) is 41.5 Å². The molecule has 1 heterocycles. The Labute approximate surface area is 179 Å². The van der Waals surface area contributed by atoms with Crippen LogP contribution in [-0.2, 0) is 6.42 Å². The maximum atomic E-state index is 13.4. The van der Waals surface area contributed by atoms with Crippen molar-refractivity contribution in [3.8, 4) is 5.75 Å². The van der Waals surface area contributed by atoms with Crippen molar-refractivity contribution < 1.29 is 13.9 Å². The third kappa shape index (κ3) is 5.84. The largest absolute Gasteiger partial charge is 0.497 e. The summed E-state index contributed by atoms with van der Waals surface area (Å²) in [5, 5.41) is 3.74. The lowest BCUT2D eigenvalue weighted by Crippen LogP contribution is -2.36. The molecule has 2 aromatic carbocycles. The van der Waals surface area contributed by atoms with Crippen LogP contribution in [-0.4, -0.2) is 34.3 Å². The minimum absolute atomic E-state index is 0.0663. The van der Waals surface area contributed by atoms with Gasteiger partial charge in [0.1, 0.15) is 17.4 Å². The third-order valence-electron chi connectivity index (χ3n) is 4.77. The number of rotatable bonds is 10. The molecule has 0 aliphatic heterocycles. The van der Waals surface area contributed by atoms with Crippen molar-refractivity contribution in [2.24, 2.45) is 5.73 Å². The second kappa shape index (κ2) is 10.3. The monoisotopic (exact) mass is 428 g/mol. The van der Waals surface area contributed by atoms with E-state index in [-0.39, 0.29) is 17.6 Å². The normalized spacial score (nSPS) is 12.9. The average molecular weight is 429 g/mol. The fourth-order valence-electron chi connectivity index (χ4n) is 3.02. The number of methoxy groups -OCH3 is 1. The van der Waals surface area contributed by atoms with E-state index in [0.29, 0.717) is 35.1 Å². The summed E-state index contributed by atoms with van der Waals surface area (Å²) in [6, 6.07) is 12.7. The van der Waals surface area contributed by atoms with E-state index in [2.05, 4.69) is 14.7 Å². The van der Waals surface area contributed by atoms with Gasteiger partial charge in [-0.2, -0.15) is 4.37 Å². The molecule has 0 radical (unpaired) electrons. The van der Waals surface area contributed by atoms with Crippen LogP contribution in [0.2, 0.25) is 0 Å². The average Bonchev–Trinajstić information content (AvgIpc) is 3.19. The molecule has 3 rings (SSSR count). The lowest BCUT2D eigenvalue weighted by atomic mass is 9.97. The number of halogens is 1. The van der Waals surface area contributed by atoms with E-state index in [1.54, 1.807) is 37.4 Å². The first kappa shape index (κ1) is 21.9. The molecule has 3 N–H and O–H groups in total. The van der Waals surface area contributed by atoms with Gasteiger partial charge in [-0.25, -0.2) is 9.37 Å². The predicted octanol–water partition coefficient (Wildman–Crippen LogP) is 4.07. The molecular weight excluding hydrogens is 403 g/mol. The van der Waals surface area contributed by atoms with Crippen molar-refractivity contribution >= 4 is 22.4 Å². The summed E-state index contributed by atoms with van der Waals surface area (Å²) in [4.78, 5) is 17.6. The third-order valence-corrected chi connectivity index (χ3v) is 5.46. The highest BCUT2D eigenvalue weighted by Gasteiger charge is 2.23. The summed E-state index contributed by atoms with van der Waals surface area (Å²) in [6.07, 6.45) is 1.65. The number of carbonyl (C=O) groups is 1. The summed E-state index contributed by atoms with van der Waals surface area (Å²) in [5.41, 5.74) is 7.49. The number of nitrogens with one attached hydrogen (secondary N) is 1. The highest BCUT2D eigenvalue weighted by atomic mass is 32.1. The number of hydrogen-bond acceptors (Lipinski definition) is 7. The fourth-order valence-corrected chi connectivity index (χ4v) is 3.66. The van der Waals surface area contributed by atoms with E-state index in [1.165, 1.54) is 23.7 Å². The van der Waals surface area contributed by atoms with Crippen LogP contribution in [0.3, 0.4) is 0 Å². The second-order valence-corrected chi connectivity index (χ2v) is 7.77. The Morgan fingerprint density at radius 3 is 2.70 bits per heavy atom. The molecular formula is C22H25FN4O2S. The van der Waals surface area contributed by atoms with Crippen LogP contribution in [0.5, 0.6) is 5.75 Å². The van der Waals surface area contributed by atoms with Crippen molar-refractivity contribution in [2.75, 3.05) is 12.4 Å². The highest BCUT2D eigenvalue weighted by molar-refractivity contribution is 7.09. The van der Waals surface area contributed by atoms with Crippen molar-refractivity contribution in [1.82, 2.24) is 9.36 Å². The number of Topliss-reactive ketones (excluding diaryl/α,β-unsaturated/α-hetero) is 1. The Morgan fingerprint density at radius 1 is 1.27 bits per heavy atom. The number of nitrogens with two attached hydrogens (primary N) is 1. The zero-order valence-electron chi connectivity index (χ0n) is 17.0. The zero-order valence-corrected chi connectivity index (χ0v) is 17.8. The summed E-state index contributed by atoms with van der Waals surface area (Å²) in [5.74, 6) is 0.902. The first-order chi connectivity index (χ1) is 14.5. The molecule has 0 spiro atoms. The zero-order chi connectivity index (χ0) is 21.5. The van der Waals surface area contributed by atoms with Crippen LogP contribution >= 0.6 is 11.5 Å². The molecule has 0 bridgehead atoms. The van der Waals surface area contributed by atoms with E-state index >= 15 is 0 Å². The van der Waals surface area contributed by atoms with Crippen molar-refractivity contribution in [3.05, 3.63) is 71.3 Å². The van der Waals surface area contributed by atoms with Gasteiger partial charge in [0.15, 0.2) is 5.78 Å². The molecule has 0 fully saturated rings. The Hall–Kier alpha value is -2.84. The maximum absolute atomic E-state index is 13.4. The number of anilines is 1. The minimum atomic E-state index is -0.525. The van der Waals surface area contributed by atoms with Gasteiger partial charge >= 0.3 is 0 Å². The lowest BCUT2D eigenvalue weighted by Gasteiger charge is -2.20. The number of nitrogens with zero attached hydrogens (tertiary/aromatic N) is 2. The Morgan fingerprint density at radius 2 is 2.03 bits per heavy atom. The van der Waals surface area contributed by atoms with Gasteiger partial charge in [-0.05, 0) is 54.8 Å². The molecule has 6 nitrogen and oxygen atoms in total. The van der Waals surface area contributed by atoms with Crippen molar-refractivity contribution in [3.63, 3.8) is 0 Å². The standard InChI is InChI=1S/C22H25FN4O2S/c1-3-17(24)13-19(21(28)15-7-9-18(29-2)10-8-15)25-22-26-20(27-30-22)12-14-5-4-6-16(23)11-14/h4-11,17,19H,3,12-13,24H2,1-2H3,(H,25,26,27). The molecule has 0 saturated carbocycles. The number of benzene rings is 2. The number of ether oxygens (including phenoxy) is 1. The van der Waals surface area contributed by atoms with Gasteiger partial charge in [-0.1, -0.05) is 19.1 Å². The molecule has 0 amide bonds. The maximum Gasteiger partial charge on any atom is 0.203 e. The molecule has 1 aromatic heterocycles. The fraction of sp³-hybridized carbons (Fsp3) is 0.318. The van der Waals surface area contributed by atoms with Crippen molar-refractivity contribution in [1.29, 1.82) is 0 Å². The molecule has 8 heteroatoms. The lowest BCUT2D eigenvalue weighted by molar-refractivity contribution is 0.0962. The minimum Gasteiger partial charge on any atom is -0.497 e. The number of ketones is 1. The van der Waals surface area contributed by atoms with E-state index in [0.717, 1.165) is 12.0 Å². The summed E-state index contributed by atoms with van der Waals surface area (Å²) < 4.78 is 22.9. The quantitative estimate of drug-likeness (QED) is 0.473. The number of hydrogen-bond donors (Lipinski definition) is 2. The van der Waals surface area contributed by atoms with Gasteiger partial charge in [0.2, 0.25) is 5.13 Å². The molecule has 0 aliphatic rings. The molecule has 2 atom stereocenters. The van der Waals surface area contributed by atoms with Crippen LogP contribution in [0.4, 0.5) is 9.52 Å². The molecule has 30 heavy (non-hydrogen) atoms. The topological polar surface area (TPSA) is 90.1 Å². The summed E-state index contributed by atoms with van der Waals surface area (Å²) in [6.45, 7) is 1.99. The Bertz CT molecular complexity index is 977. The van der Waals surface area contributed by atoms with Gasteiger partial charge in [-0.15, -0.1) is 0 Å². The van der Waals surface area contributed by atoms with E-state index in [4.69, 9.17) is 10.5 Å². The van der Waals surface area contributed by atoms with Gasteiger partial charge in [0.05, 0.1) is 13.2 Å². The second-order valence-electron chi connectivity index (χ2n) is 7.02. The molecule has 0 aliphatic carbocycles. The predicted molar refractivity (Wildman–Crippen MR) is 117 cm³/mol. The van der Waals surface area contributed by atoms with E-state index < -0.39 is 6.04 Å². The van der Waals surface area contributed by atoms with Crippen LogP contribution in [0.25, 0.3) is 0 Å². The van der Waals surface area contributed by atoms with Crippen LogP contribution in [0.15, 0.2) is 48.5 Å². The Kier molecular flexibility index (Phi) is 7.48. The smallest absolute Gasteiger partial charge is 0.203 e. The number of carbonyl (C=O) groups excluding carboxylic acids is 1.